The molecule has 0 aliphatic carbocycles. The van der Waals surface area contributed by atoms with Crippen LogP contribution in [0.2, 0.25) is 0 Å². The van der Waals surface area contributed by atoms with Crippen LogP contribution in [0, 0.1) is 0 Å². The first kappa shape index (κ1) is 15.1. The number of nitrogens with two attached hydrogens (primary N) is 1. The first-order valence-corrected chi connectivity index (χ1v) is 6.78. The van der Waals surface area contributed by atoms with Gasteiger partial charge in [-0.25, -0.2) is 0 Å². The Morgan fingerprint density at radius 3 is 2.10 bits per heavy atom. The van der Waals surface area contributed by atoms with E-state index in [1.54, 1.807) is 38.6 Å². The minimum absolute atomic E-state index is 0.0454. The number of pyridine rings is 1. The molecule has 2 N–H and O–H groups in total. The lowest BCUT2D eigenvalue weighted by Gasteiger charge is -2.11. The van der Waals surface area contributed by atoms with E-state index in [1.165, 1.54) is 0 Å². The number of hydrogen-bond acceptors (Lipinski definition) is 5. The molecule has 1 atom stereocenters. The standard InChI is InChI=1S/C16H20N2O3/c1-4-15(17)16-6-5-11(10-18-16)21-14-8-12(19-2)7-13(9-14)20-3/h5-10,15H,4,17H2,1-3H3/t15-/m1/s1. The molecule has 5 nitrogen and oxygen atoms in total. The molecular formula is C16H20N2O3. The second kappa shape index (κ2) is 6.95. The van der Waals surface area contributed by atoms with Gasteiger partial charge < -0.3 is 19.9 Å². The van der Waals surface area contributed by atoms with Crippen LogP contribution in [-0.2, 0) is 0 Å². The highest BCUT2D eigenvalue weighted by molar-refractivity contribution is 5.43. The van der Waals surface area contributed by atoms with E-state index in [0.717, 1.165) is 12.1 Å². The van der Waals surface area contributed by atoms with Crippen molar-refractivity contribution >= 4 is 0 Å². The van der Waals surface area contributed by atoms with Crippen molar-refractivity contribution in [2.24, 2.45) is 5.73 Å². The van der Waals surface area contributed by atoms with Crippen molar-refractivity contribution < 1.29 is 14.2 Å². The van der Waals surface area contributed by atoms with Crippen LogP contribution in [0.4, 0.5) is 0 Å². The third kappa shape index (κ3) is 3.86. The third-order valence-electron chi connectivity index (χ3n) is 3.14. The van der Waals surface area contributed by atoms with Crippen LogP contribution < -0.4 is 19.9 Å². The smallest absolute Gasteiger partial charge is 0.145 e. The molecule has 0 amide bonds. The average Bonchev–Trinajstić information content (AvgIpc) is 2.54. The van der Waals surface area contributed by atoms with Gasteiger partial charge >= 0.3 is 0 Å². The lowest BCUT2D eigenvalue weighted by molar-refractivity contribution is 0.386. The van der Waals surface area contributed by atoms with Crippen LogP contribution in [0.3, 0.4) is 0 Å². The van der Waals surface area contributed by atoms with E-state index in [1.807, 2.05) is 19.1 Å². The number of benzene rings is 1. The van der Waals surface area contributed by atoms with Crippen molar-refractivity contribution in [1.82, 2.24) is 4.98 Å². The molecule has 2 rings (SSSR count). The Morgan fingerprint density at radius 1 is 1.00 bits per heavy atom. The fourth-order valence-electron chi connectivity index (χ4n) is 1.86. The first-order chi connectivity index (χ1) is 10.2. The molecule has 0 saturated heterocycles. The summed E-state index contributed by atoms with van der Waals surface area (Å²) in [4.78, 5) is 4.32. The first-order valence-electron chi connectivity index (χ1n) is 6.78. The molecule has 0 saturated carbocycles. The van der Waals surface area contributed by atoms with Gasteiger partial charge in [0.25, 0.3) is 0 Å². The molecule has 1 aromatic carbocycles. The minimum atomic E-state index is -0.0454. The number of rotatable bonds is 6. The van der Waals surface area contributed by atoms with Crippen LogP contribution in [-0.4, -0.2) is 19.2 Å². The molecule has 1 heterocycles. The maximum Gasteiger partial charge on any atom is 0.145 e. The Kier molecular flexibility index (Phi) is 5.00. The van der Waals surface area contributed by atoms with Crippen molar-refractivity contribution in [2.75, 3.05) is 14.2 Å². The van der Waals surface area contributed by atoms with Gasteiger partial charge in [0.2, 0.25) is 0 Å². The Morgan fingerprint density at radius 2 is 1.62 bits per heavy atom. The van der Waals surface area contributed by atoms with Crippen molar-refractivity contribution in [2.45, 2.75) is 19.4 Å². The second-order valence-electron chi connectivity index (χ2n) is 4.58. The summed E-state index contributed by atoms with van der Waals surface area (Å²) in [6, 6.07) is 9.04. The van der Waals surface area contributed by atoms with E-state index in [0.29, 0.717) is 23.0 Å². The molecule has 0 aliphatic heterocycles. The summed E-state index contributed by atoms with van der Waals surface area (Å²) in [5, 5.41) is 0. The number of ether oxygens (including phenoxy) is 3. The van der Waals surface area contributed by atoms with Gasteiger partial charge in [0.1, 0.15) is 23.0 Å². The van der Waals surface area contributed by atoms with Gasteiger partial charge in [0, 0.05) is 24.2 Å². The predicted octanol–water partition coefficient (Wildman–Crippen LogP) is 3.30. The monoisotopic (exact) mass is 288 g/mol. The van der Waals surface area contributed by atoms with Gasteiger partial charge in [0.15, 0.2) is 0 Å². The summed E-state index contributed by atoms with van der Waals surface area (Å²) in [5.74, 6) is 2.60. The van der Waals surface area contributed by atoms with Crippen LogP contribution in [0.5, 0.6) is 23.0 Å². The molecule has 0 fully saturated rings. The summed E-state index contributed by atoms with van der Waals surface area (Å²) in [6.07, 6.45) is 2.51. The van der Waals surface area contributed by atoms with E-state index in [2.05, 4.69) is 4.98 Å². The van der Waals surface area contributed by atoms with Crippen LogP contribution >= 0.6 is 0 Å². The van der Waals surface area contributed by atoms with E-state index < -0.39 is 0 Å². The molecule has 0 spiro atoms. The van der Waals surface area contributed by atoms with Gasteiger partial charge in [-0.1, -0.05) is 6.92 Å². The molecular weight excluding hydrogens is 268 g/mol. The summed E-state index contributed by atoms with van der Waals surface area (Å²) >= 11 is 0. The zero-order valence-electron chi connectivity index (χ0n) is 12.5. The third-order valence-corrected chi connectivity index (χ3v) is 3.14. The van der Waals surface area contributed by atoms with Gasteiger partial charge in [-0.3, -0.25) is 4.98 Å². The molecule has 5 heteroatoms. The summed E-state index contributed by atoms with van der Waals surface area (Å²) < 4.78 is 16.2. The van der Waals surface area contributed by atoms with Crippen LogP contribution in [0.15, 0.2) is 36.5 Å². The minimum Gasteiger partial charge on any atom is -0.496 e. The maximum absolute atomic E-state index is 5.94. The second-order valence-corrected chi connectivity index (χ2v) is 4.58. The number of methoxy groups -OCH3 is 2. The Balaban J connectivity index is 2.17. The van der Waals surface area contributed by atoms with Crippen molar-refractivity contribution in [3.8, 4) is 23.0 Å². The quantitative estimate of drug-likeness (QED) is 0.883. The van der Waals surface area contributed by atoms with Gasteiger partial charge in [-0.2, -0.15) is 0 Å². The molecule has 112 valence electrons. The SMILES string of the molecule is CC[C@@H](N)c1ccc(Oc2cc(OC)cc(OC)c2)cn1. The van der Waals surface area contributed by atoms with E-state index in [-0.39, 0.29) is 6.04 Å². The largest absolute Gasteiger partial charge is 0.496 e. The lowest BCUT2D eigenvalue weighted by Crippen LogP contribution is -2.10. The van der Waals surface area contributed by atoms with Gasteiger partial charge in [-0.15, -0.1) is 0 Å². The van der Waals surface area contributed by atoms with Crippen LogP contribution in [0.1, 0.15) is 25.1 Å². The van der Waals surface area contributed by atoms with Gasteiger partial charge in [0.05, 0.1) is 26.1 Å². The lowest BCUT2D eigenvalue weighted by atomic mass is 10.1. The molecule has 1 aromatic heterocycles. The average molecular weight is 288 g/mol. The maximum atomic E-state index is 5.94. The fourth-order valence-corrected chi connectivity index (χ4v) is 1.86. The highest BCUT2D eigenvalue weighted by Crippen LogP contribution is 2.30. The Labute approximate surface area is 124 Å². The molecule has 0 unspecified atom stereocenters. The predicted molar refractivity (Wildman–Crippen MR) is 81.1 cm³/mol. The zero-order chi connectivity index (χ0) is 15.2. The molecule has 2 aromatic rings. The van der Waals surface area contributed by atoms with Crippen LogP contribution in [0.25, 0.3) is 0 Å². The van der Waals surface area contributed by atoms with E-state index in [4.69, 9.17) is 19.9 Å². The van der Waals surface area contributed by atoms with Crippen molar-refractivity contribution in [3.63, 3.8) is 0 Å². The summed E-state index contributed by atoms with van der Waals surface area (Å²) in [6.45, 7) is 2.03. The molecule has 0 bridgehead atoms. The number of aromatic nitrogens is 1. The summed E-state index contributed by atoms with van der Waals surface area (Å²) in [7, 11) is 3.20. The fraction of sp³-hybridized carbons (Fsp3) is 0.312. The normalized spacial score (nSPS) is 11.8. The topological polar surface area (TPSA) is 66.6 Å². The molecule has 0 aliphatic rings. The number of hydrogen-bond donors (Lipinski definition) is 1. The summed E-state index contributed by atoms with van der Waals surface area (Å²) in [5.41, 5.74) is 6.79. The Hall–Kier alpha value is -2.27. The van der Waals surface area contributed by atoms with Gasteiger partial charge in [-0.05, 0) is 18.6 Å². The van der Waals surface area contributed by atoms with Crippen molar-refractivity contribution in [1.29, 1.82) is 0 Å². The molecule has 21 heavy (non-hydrogen) atoms. The zero-order valence-corrected chi connectivity index (χ0v) is 12.5. The molecule has 0 radical (unpaired) electrons. The van der Waals surface area contributed by atoms with E-state index >= 15 is 0 Å². The highest BCUT2D eigenvalue weighted by atomic mass is 16.5. The number of nitrogens with zero attached hydrogens (tertiary/aromatic N) is 1. The highest BCUT2D eigenvalue weighted by Gasteiger charge is 2.07. The van der Waals surface area contributed by atoms with Crippen molar-refractivity contribution in [3.05, 3.63) is 42.2 Å². The Bertz CT molecular complexity index is 562. The van der Waals surface area contributed by atoms with E-state index in [9.17, 15) is 0 Å².